The summed E-state index contributed by atoms with van der Waals surface area (Å²) in [4.78, 5) is 14.1. The quantitative estimate of drug-likeness (QED) is 0.0604. The van der Waals surface area contributed by atoms with Gasteiger partial charge >= 0.3 is 0 Å². The second kappa shape index (κ2) is 26.4. The third-order valence-corrected chi connectivity index (χ3v) is 34.6. The predicted molar refractivity (Wildman–Crippen MR) is 334 cm³/mol. The second-order valence-corrected chi connectivity index (χ2v) is 45.0. The van der Waals surface area contributed by atoms with Crippen LogP contribution in [0.2, 0.25) is 54.4 Å². The highest BCUT2D eigenvalue weighted by molar-refractivity contribution is 6.75. The van der Waals surface area contributed by atoms with Gasteiger partial charge in [-0.1, -0.05) is 146 Å². The molecule has 0 aliphatic carbocycles. The van der Waals surface area contributed by atoms with E-state index in [0.717, 1.165) is 76.4 Å². The number of benzene rings is 1. The van der Waals surface area contributed by atoms with E-state index in [1.807, 2.05) is 6.08 Å². The van der Waals surface area contributed by atoms with E-state index in [2.05, 4.69) is 187 Å². The first kappa shape index (κ1) is 66.6. The first-order chi connectivity index (χ1) is 36.5. The van der Waals surface area contributed by atoms with Crippen molar-refractivity contribution in [1.82, 2.24) is 0 Å². The Morgan fingerprint density at radius 2 is 1.42 bits per heavy atom. The molecule has 3 unspecified atom stereocenters. The molecule has 5 aliphatic heterocycles. The number of allylic oxidation sites excluding steroid dienone is 1. The fourth-order valence-electron chi connectivity index (χ4n) is 12.5. The number of ether oxygens (including phenoxy) is 5. The van der Waals surface area contributed by atoms with Crippen LogP contribution in [0.1, 0.15) is 180 Å². The Morgan fingerprint density at radius 1 is 0.785 bits per heavy atom. The van der Waals surface area contributed by atoms with Gasteiger partial charge in [0.05, 0.1) is 66.6 Å². The molecule has 0 saturated carbocycles. The van der Waals surface area contributed by atoms with E-state index < -0.39 is 42.8 Å². The average Bonchev–Trinajstić information content (AvgIpc) is 3.90. The standard InChI is InChI=1S/C67H116O9Si3/c1-24-52-36-37-67(17)63(72-52)49(7)61(76-79(22,23)66(14,15)16)62(74-67)57(75-78(20,21)65(11,12)13)34-31-51(68)30-32-53-40-46(4)56(70-53)35-33-54-39-45(3)47(5)59(71-54)42-60-55(41-50-28-26-25-27-29-50)48(6)58(73-60)38-44(2)43-69-77(18,19)64(8,9)10/h25-29,31,34,44-45,48-49,52-63H,4-5,24,30,32-33,35-43H2,1-3,6-23H3/b34-31+/t44-,45+,48+,49+,52-,53?,54?,55+,56-,57-,58+,59+,60?,61-,62-,63+,67-/m0/s1. The Balaban J connectivity index is 1.08. The SMILES string of the molecule is C=C1CC(CCC(=O)/C=C/[C@H](O[Si](C)(C)C(C)(C)C)[C@@H]2O[C@@]3(C)CC[C@H](CC)O[C@@H]3[C@H](C)[C@@H]2O[Si](C)(C)C(C)(C)C)O[C@H]1CCC1C[C@@H](C)C(=C)[C@@H](CC2O[C@H](C[C@H](C)CO[Si](C)(C)C(C)(C)C)[C@H](C)[C@H]2Cc2ccccc2)O1. The Labute approximate surface area is 486 Å². The summed E-state index contributed by atoms with van der Waals surface area (Å²) >= 11 is 0. The Morgan fingerprint density at radius 3 is 2.04 bits per heavy atom. The van der Waals surface area contributed by atoms with Crippen LogP contribution in [0.4, 0.5) is 0 Å². The molecule has 9 nitrogen and oxygen atoms in total. The molecule has 450 valence electrons. The van der Waals surface area contributed by atoms with E-state index >= 15 is 0 Å². The van der Waals surface area contributed by atoms with Crippen molar-refractivity contribution >= 4 is 30.7 Å². The summed E-state index contributed by atoms with van der Waals surface area (Å²) in [5.74, 6) is 1.68. The van der Waals surface area contributed by atoms with Crippen LogP contribution in [-0.2, 0) is 48.2 Å². The molecule has 17 atom stereocenters. The number of ketones is 1. The highest BCUT2D eigenvalue weighted by Gasteiger charge is 2.58. The Bertz CT molecular complexity index is 2190. The lowest BCUT2D eigenvalue weighted by molar-refractivity contribution is -0.293. The van der Waals surface area contributed by atoms with E-state index in [-0.39, 0.29) is 81.8 Å². The van der Waals surface area contributed by atoms with Crippen LogP contribution in [0.25, 0.3) is 0 Å². The second-order valence-electron chi connectivity index (χ2n) is 30.6. The van der Waals surface area contributed by atoms with Gasteiger partial charge in [-0.2, -0.15) is 0 Å². The fourth-order valence-corrected chi connectivity index (χ4v) is 16.2. The molecule has 12 heteroatoms. The lowest BCUT2D eigenvalue weighted by Gasteiger charge is -2.58. The van der Waals surface area contributed by atoms with Gasteiger partial charge in [-0.3, -0.25) is 4.79 Å². The summed E-state index contributed by atoms with van der Waals surface area (Å²) in [5.41, 5.74) is 3.18. The molecule has 5 saturated heterocycles. The molecule has 5 aliphatic rings. The summed E-state index contributed by atoms with van der Waals surface area (Å²) in [6.45, 7) is 58.3. The Hall–Kier alpha value is -1.56. The summed E-state index contributed by atoms with van der Waals surface area (Å²) in [5, 5.41) is 0.130. The zero-order valence-corrected chi connectivity index (χ0v) is 57.1. The van der Waals surface area contributed by atoms with Gasteiger partial charge < -0.3 is 37.0 Å². The maximum atomic E-state index is 14.1. The topological polar surface area (TPSA) is 90.9 Å². The van der Waals surface area contributed by atoms with E-state index in [0.29, 0.717) is 36.5 Å². The molecule has 0 bridgehead atoms. The van der Waals surface area contributed by atoms with Crippen LogP contribution in [-0.4, -0.2) is 110 Å². The van der Waals surface area contributed by atoms with Crippen LogP contribution >= 0.6 is 0 Å². The molecule has 79 heavy (non-hydrogen) atoms. The maximum absolute atomic E-state index is 14.1. The zero-order chi connectivity index (χ0) is 58.8. The third-order valence-electron chi connectivity index (χ3n) is 21.2. The van der Waals surface area contributed by atoms with E-state index in [4.69, 9.17) is 37.0 Å². The first-order valence-electron chi connectivity index (χ1n) is 31.4. The lowest BCUT2D eigenvalue weighted by atomic mass is 9.75. The molecule has 6 rings (SSSR count). The van der Waals surface area contributed by atoms with Crippen molar-refractivity contribution in [2.45, 2.75) is 308 Å². The van der Waals surface area contributed by atoms with Gasteiger partial charge in [-0.25, -0.2) is 0 Å². The van der Waals surface area contributed by atoms with Crippen LogP contribution in [0, 0.1) is 29.6 Å². The van der Waals surface area contributed by atoms with Gasteiger partial charge in [-0.15, -0.1) is 0 Å². The molecule has 0 aromatic heterocycles. The number of rotatable bonds is 23. The van der Waals surface area contributed by atoms with E-state index in [9.17, 15) is 4.79 Å². The van der Waals surface area contributed by atoms with E-state index in [1.54, 1.807) is 6.08 Å². The first-order valence-corrected chi connectivity index (χ1v) is 40.1. The zero-order valence-electron chi connectivity index (χ0n) is 54.1. The van der Waals surface area contributed by atoms with Crippen LogP contribution in [0.15, 0.2) is 66.8 Å². The van der Waals surface area contributed by atoms with Gasteiger partial charge in [-0.05, 0) is 172 Å². The highest BCUT2D eigenvalue weighted by atomic mass is 28.4. The van der Waals surface area contributed by atoms with Crippen molar-refractivity contribution in [2.75, 3.05) is 6.61 Å². The van der Waals surface area contributed by atoms with Crippen molar-refractivity contribution in [2.24, 2.45) is 29.6 Å². The van der Waals surface area contributed by atoms with Crippen molar-refractivity contribution in [3.8, 4) is 0 Å². The number of hydrogen-bond acceptors (Lipinski definition) is 9. The molecular formula is C67H116O9Si3. The minimum Gasteiger partial charge on any atom is -0.417 e. The van der Waals surface area contributed by atoms with Crippen molar-refractivity contribution in [1.29, 1.82) is 0 Å². The molecule has 1 aromatic rings. The minimum absolute atomic E-state index is 0.00507. The maximum Gasteiger partial charge on any atom is 0.193 e. The summed E-state index contributed by atoms with van der Waals surface area (Å²) in [7, 11) is -6.48. The van der Waals surface area contributed by atoms with Crippen molar-refractivity contribution < 1.29 is 41.8 Å². The van der Waals surface area contributed by atoms with Crippen molar-refractivity contribution in [3.05, 3.63) is 72.4 Å². The van der Waals surface area contributed by atoms with Gasteiger partial charge in [0.25, 0.3) is 0 Å². The van der Waals surface area contributed by atoms with E-state index in [1.165, 1.54) is 11.1 Å². The summed E-state index contributed by atoms with van der Waals surface area (Å²) in [6.07, 6.45) is 13.1. The van der Waals surface area contributed by atoms with Crippen LogP contribution < -0.4 is 0 Å². The summed E-state index contributed by atoms with van der Waals surface area (Å²) in [6, 6.07) is 10.9. The molecule has 0 radical (unpaired) electrons. The Kier molecular flexibility index (Phi) is 22.2. The molecule has 1 aromatic carbocycles. The molecule has 0 N–H and O–H groups in total. The number of carbonyl (C=O) groups is 1. The third kappa shape index (κ3) is 16.7. The normalized spacial score (nSPS) is 34.3. The van der Waals surface area contributed by atoms with Crippen molar-refractivity contribution in [3.63, 3.8) is 0 Å². The van der Waals surface area contributed by atoms with Gasteiger partial charge in [0.15, 0.2) is 30.7 Å². The predicted octanol–water partition coefficient (Wildman–Crippen LogP) is 17.0. The average molecular weight is 1150 g/mol. The van der Waals surface area contributed by atoms with Gasteiger partial charge in [0.2, 0.25) is 0 Å². The lowest BCUT2D eigenvalue weighted by Crippen LogP contribution is -2.68. The number of hydrogen-bond donors (Lipinski definition) is 0. The molecule has 5 fully saturated rings. The molecular weight excluding hydrogens is 1030 g/mol. The molecule has 5 heterocycles. The molecule has 0 spiro atoms. The monoisotopic (exact) mass is 1150 g/mol. The van der Waals surface area contributed by atoms with Gasteiger partial charge in [0, 0.05) is 25.4 Å². The smallest absolute Gasteiger partial charge is 0.193 e. The van der Waals surface area contributed by atoms with Gasteiger partial charge in [0.1, 0.15) is 6.10 Å². The largest absolute Gasteiger partial charge is 0.417 e. The van der Waals surface area contributed by atoms with Crippen LogP contribution in [0.5, 0.6) is 0 Å². The molecule has 0 amide bonds. The number of fused-ring (bicyclic) bond motifs is 1. The summed E-state index contributed by atoms with van der Waals surface area (Å²) < 4.78 is 56.7. The fraction of sp³-hybridized carbons (Fsp3) is 0.806. The minimum atomic E-state index is -2.36. The number of carbonyl (C=O) groups excluding carboxylic acids is 1. The van der Waals surface area contributed by atoms with Crippen LogP contribution in [0.3, 0.4) is 0 Å². The highest BCUT2D eigenvalue weighted by Crippen LogP contribution is 2.50.